The minimum Gasteiger partial charge on any atom is -0.411 e. The molecule has 1 aliphatic carbocycles. The summed E-state index contributed by atoms with van der Waals surface area (Å²) in [4.78, 5) is 0. The number of alkyl halides is 2. The average Bonchev–Trinajstić information content (AvgIpc) is 2.21. The lowest BCUT2D eigenvalue weighted by Gasteiger charge is -2.11. The van der Waals surface area contributed by atoms with Crippen LogP contribution in [0.2, 0.25) is 0 Å². The Kier molecular flexibility index (Phi) is 1.48. The first kappa shape index (κ1) is 7.73. The van der Waals surface area contributed by atoms with Gasteiger partial charge < -0.3 is 4.74 Å². The van der Waals surface area contributed by atoms with Crippen LogP contribution in [0.1, 0.15) is 13.3 Å². The molecule has 12 heavy (non-hydrogen) atoms. The maximum atomic E-state index is 12.5. The third-order valence-corrected chi connectivity index (χ3v) is 1.87. The van der Waals surface area contributed by atoms with Crippen molar-refractivity contribution in [2.75, 3.05) is 0 Å². The predicted octanol–water partition coefficient (Wildman–Crippen LogP) is 2.19. The first-order valence-electron chi connectivity index (χ1n) is 3.69. The molecule has 1 heterocycles. The Morgan fingerprint density at radius 2 is 2.25 bits per heavy atom. The van der Waals surface area contributed by atoms with Gasteiger partial charge >= 0.3 is 6.29 Å². The van der Waals surface area contributed by atoms with Gasteiger partial charge in [-0.25, -0.2) is 0 Å². The normalized spacial score (nSPS) is 31.8. The fraction of sp³-hybridized carbons (Fsp3) is 0.500. The number of allylic oxidation sites excluding steroid dienone is 2. The topological polar surface area (TPSA) is 18.5 Å². The number of hydrogen-bond acceptors (Lipinski definition) is 2. The van der Waals surface area contributed by atoms with Crippen LogP contribution in [0, 0.1) is 0 Å². The van der Waals surface area contributed by atoms with E-state index in [1.54, 1.807) is 6.08 Å². The van der Waals surface area contributed by atoms with E-state index >= 15 is 0 Å². The maximum Gasteiger partial charge on any atom is 0.535 e. The van der Waals surface area contributed by atoms with Crippen LogP contribution in [-0.4, -0.2) is 12.4 Å². The van der Waals surface area contributed by atoms with Crippen molar-refractivity contribution in [2.45, 2.75) is 25.7 Å². The highest BCUT2D eigenvalue weighted by molar-refractivity contribution is 5.24. The van der Waals surface area contributed by atoms with Gasteiger partial charge in [0.1, 0.15) is 11.9 Å². The van der Waals surface area contributed by atoms with Crippen molar-refractivity contribution >= 4 is 0 Å². The van der Waals surface area contributed by atoms with Crippen molar-refractivity contribution in [3.63, 3.8) is 0 Å². The van der Waals surface area contributed by atoms with Crippen LogP contribution in [0.5, 0.6) is 0 Å². The highest BCUT2D eigenvalue weighted by Gasteiger charge is 2.47. The maximum absolute atomic E-state index is 12.5. The summed E-state index contributed by atoms with van der Waals surface area (Å²) in [5.74, 6) is 0.227. The summed E-state index contributed by atoms with van der Waals surface area (Å²) in [6.45, 7) is 1.87. The Bertz CT molecular complexity index is 268. The third-order valence-electron chi connectivity index (χ3n) is 1.87. The highest BCUT2D eigenvalue weighted by atomic mass is 19.3. The monoisotopic (exact) mass is 174 g/mol. The molecule has 66 valence electrons. The molecular weight excluding hydrogens is 166 g/mol. The fourth-order valence-electron chi connectivity index (χ4n) is 1.32. The quantitative estimate of drug-likeness (QED) is 0.560. The molecule has 0 bridgehead atoms. The van der Waals surface area contributed by atoms with Crippen molar-refractivity contribution in [1.29, 1.82) is 0 Å². The van der Waals surface area contributed by atoms with E-state index in [4.69, 9.17) is 0 Å². The summed E-state index contributed by atoms with van der Waals surface area (Å²) in [6.07, 6.45) is -0.248. The van der Waals surface area contributed by atoms with E-state index in [0.717, 1.165) is 5.57 Å². The average molecular weight is 174 g/mol. The van der Waals surface area contributed by atoms with Crippen molar-refractivity contribution < 1.29 is 18.3 Å². The predicted molar refractivity (Wildman–Crippen MR) is 37.4 cm³/mol. The SMILES string of the molecule is CC1=CC=C2OC(F)(F)OC2C1. The zero-order valence-corrected chi connectivity index (χ0v) is 6.51. The van der Waals surface area contributed by atoms with Crippen molar-refractivity contribution in [2.24, 2.45) is 0 Å². The van der Waals surface area contributed by atoms with Crippen LogP contribution in [0.4, 0.5) is 8.78 Å². The van der Waals surface area contributed by atoms with E-state index in [2.05, 4.69) is 9.47 Å². The standard InChI is InChI=1S/C8H8F2O2/c1-5-2-3-6-7(4-5)12-8(9,10)11-6/h2-3,7H,4H2,1H3. The molecule has 2 rings (SSSR count). The Balaban J connectivity index is 2.21. The van der Waals surface area contributed by atoms with E-state index in [9.17, 15) is 8.78 Å². The van der Waals surface area contributed by atoms with E-state index < -0.39 is 12.4 Å². The van der Waals surface area contributed by atoms with E-state index in [1.807, 2.05) is 6.92 Å². The largest absolute Gasteiger partial charge is 0.535 e. The second-order valence-corrected chi connectivity index (χ2v) is 2.96. The number of ether oxygens (including phenoxy) is 2. The molecule has 0 aromatic rings. The van der Waals surface area contributed by atoms with E-state index in [-0.39, 0.29) is 5.76 Å². The van der Waals surface area contributed by atoms with Gasteiger partial charge in [-0.1, -0.05) is 11.6 Å². The van der Waals surface area contributed by atoms with Gasteiger partial charge in [0.05, 0.1) is 0 Å². The Hall–Kier alpha value is -0.900. The molecule has 1 saturated heterocycles. The Morgan fingerprint density at radius 3 is 3.00 bits per heavy atom. The summed E-state index contributed by atoms with van der Waals surface area (Å²) < 4.78 is 33.6. The van der Waals surface area contributed by atoms with Gasteiger partial charge in [0, 0.05) is 6.42 Å². The van der Waals surface area contributed by atoms with Gasteiger partial charge in [-0.05, 0) is 13.0 Å². The van der Waals surface area contributed by atoms with Crippen LogP contribution < -0.4 is 0 Å². The van der Waals surface area contributed by atoms with Gasteiger partial charge in [0.15, 0.2) is 0 Å². The number of fused-ring (bicyclic) bond motifs is 1. The van der Waals surface area contributed by atoms with Crippen LogP contribution in [0.15, 0.2) is 23.5 Å². The number of halogens is 2. The second kappa shape index (κ2) is 2.29. The molecule has 1 aliphatic heterocycles. The van der Waals surface area contributed by atoms with E-state index in [0.29, 0.717) is 6.42 Å². The number of rotatable bonds is 0. The molecule has 2 nitrogen and oxygen atoms in total. The Labute approximate surface area is 68.5 Å². The van der Waals surface area contributed by atoms with Gasteiger partial charge in [0.25, 0.3) is 0 Å². The Morgan fingerprint density at radius 1 is 1.50 bits per heavy atom. The molecule has 0 N–H and O–H groups in total. The molecule has 0 aromatic carbocycles. The van der Waals surface area contributed by atoms with Gasteiger partial charge in [-0.2, -0.15) is 0 Å². The lowest BCUT2D eigenvalue weighted by Crippen LogP contribution is -2.18. The van der Waals surface area contributed by atoms with Crippen molar-refractivity contribution in [3.05, 3.63) is 23.5 Å². The minimum atomic E-state index is -3.44. The smallest absolute Gasteiger partial charge is 0.411 e. The fourth-order valence-corrected chi connectivity index (χ4v) is 1.32. The molecule has 0 saturated carbocycles. The van der Waals surface area contributed by atoms with E-state index in [1.165, 1.54) is 6.08 Å². The van der Waals surface area contributed by atoms with Gasteiger partial charge in [-0.3, -0.25) is 4.74 Å². The van der Waals surface area contributed by atoms with Crippen LogP contribution in [0.3, 0.4) is 0 Å². The molecule has 0 radical (unpaired) electrons. The molecular formula is C8H8F2O2. The van der Waals surface area contributed by atoms with Gasteiger partial charge in [-0.15, -0.1) is 8.78 Å². The number of hydrogen-bond donors (Lipinski definition) is 0. The summed E-state index contributed by atoms with van der Waals surface area (Å²) in [5.41, 5.74) is 1.02. The first-order valence-corrected chi connectivity index (χ1v) is 3.69. The molecule has 2 aliphatic rings. The van der Waals surface area contributed by atoms with Gasteiger partial charge in [0.2, 0.25) is 0 Å². The second-order valence-electron chi connectivity index (χ2n) is 2.96. The molecule has 0 spiro atoms. The summed E-state index contributed by atoms with van der Waals surface area (Å²) in [6, 6.07) is 0. The van der Waals surface area contributed by atoms with Crippen LogP contribution >= 0.6 is 0 Å². The minimum absolute atomic E-state index is 0.227. The summed E-state index contributed by atoms with van der Waals surface area (Å²) >= 11 is 0. The highest BCUT2D eigenvalue weighted by Crippen LogP contribution is 2.38. The molecule has 0 aromatic heterocycles. The third kappa shape index (κ3) is 1.22. The zero-order valence-electron chi connectivity index (χ0n) is 6.51. The molecule has 1 fully saturated rings. The van der Waals surface area contributed by atoms with Crippen LogP contribution in [0.25, 0.3) is 0 Å². The molecule has 0 amide bonds. The molecule has 4 heteroatoms. The molecule has 1 atom stereocenters. The van der Waals surface area contributed by atoms with Crippen LogP contribution in [-0.2, 0) is 9.47 Å². The lowest BCUT2D eigenvalue weighted by molar-refractivity contribution is -0.341. The molecule has 1 unspecified atom stereocenters. The van der Waals surface area contributed by atoms with Crippen molar-refractivity contribution in [3.8, 4) is 0 Å². The first-order chi connectivity index (χ1) is 5.57. The lowest BCUT2D eigenvalue weighted by atomic mass is 10.0. The zero-order chi connectivity index (χ0) is 8.77. The summed E-state index contributed by atoms with van der Waals surface area (Å²) in [5, 5.41) is 0. The summed E-state index contributed by atoms with van der Waals surface area (Å²) in [7, 11) is 0. The van der Waals surface area contributed by atoms with Crippen molar-refractivity contribution in [1.82, 2.24) is 0 Å².